The summed E-state index contributed by atoms with van der Waals surface area (Å²) in [4.78, 5) is 121. The van der Waals surface area contributed by atoms with Crippen molar-refractivity contribution in [3.05, 3.63) is 107 Å². The lowest BCUT2D eigenvalue weighted by molar-refractivity contribution is -0.176. The molecule has 0 saturated carbocycles. The number of likely N-dealkylation sites (N-methyl/N-ethyl adjacent to an activating group) is 4. The lowest BCUT2D eigenvalue weighted by atomic mass is 9.78. The Balaban J connectivity index is 1.87. The van der Waals surface area contributed by atoms with Gasteiger partial charge in [-0.05, 0) is 85.5 Å². The van der Waals surface area contributed by atoms with Crippen LogP contribution in [0.25, 0.3) is 0 Å². The van der Waals surface area contributed by atoms with Gasteiger partial charge in [-0.15, -0.1) is 0 Å². The monoisotopic (exact) mass is 1070 g/mol. The number of esters is 4. The molecular formula is C61H86N4O12. The van der Waals surface area contributed by atoms with Gasteiger partial charge in [0.25, 0.3) is 23.6 Å². The molecule has 1 aliphatic rings. The molecule has 4 amide bonds. The summed E-state index contributed by atoms with van der Waals surface area (Å²) < 4.78 is 24.1. The molecule has 0 N–H and O–H groups in total. The normalized spacial score (nSPS) is 23.8. The van der Waals surface area contributed by atoms with Gasteiger partial charge >= 0.3 is 23.9 Å². The third-order valence-electron chi connectivity index (χ3n) is 14.3. The third kappa shape index (κ3) is 17.2. The molecule has 0 aromatic heterocycles. The number of ether oxygens (including phenoxy) is 4. The second-order valence-electron chi connectivity index (χ2n) is 23.0. The highest BCUT2D eigenvalue weighted by atomic mass is 16.6. The van der Waals surface area contributed by atoms with Crippen LogP contribution in [-0.4, -0.2) is 144 Å². The topological polar surface area (TPSA) is 186 Å². The van der Waals surface area contributed by atoms with E-state index in [4.69, 9.17) is 18.9 Å². The molecule has 16 heteroatoms. The first-order valence-electron chi connectivity index (χ1n) is 27.1. The maximum absolute atomic E-state index is 15.0. The Bertz CT molecular complexity index is 2460. The number of hydrogen-bond donors (Lipinski definition) is 0. The predicted molar refractivity (Wildman–Crippen MR) is 294 cm³/mol. The highest BCUT2D eigenvalue weighted by Gasteiger charge is 2.43. The van der Waals surface area contributed by atoms with E-state index in [1.165, 1.54) is 46.9 Å². The van der Waals surface area contributed by atoms with Crippen molar-refractivity contribution in [2.75, 3.05) is 28.2 Å². The van der Waals surface area contributed by atoms with E-state index in [1.54, 1.807) is 30.3 Å². The number of hydrogen-bond acceptors (Lipinski definition) is 12. The molecule has 1 aliphatic heterocycles. The molecule has 0 unspecified atom stereocenters. The molecule has 1 saturated heterocycles. The van der Waals surface area contributed by atoms with Crippen molar-refractivity contribution < 1.29 is 57.3 Å². The molecule has 3 aromatic rings. The van der Waals surface area contributed by atoms with Crippen LogP contribution in [0.5, 0.6) is 0 Å². The largest absolute Gasteiger partial charge is 0.451 e. The van der Waals surface area contributed by atoms with Crippen molar-refractivity contribution in [1.29, 1.82) is 0 Å². The van der Waals surface area contributed by atoms with Crippen molar-refractivity contribution in [3.63, 3.8) is 0 Å². The summed E-state index contributed by atoms with van der Waals surface area (Å²) in [5.74, 6) is -7.24. The summed E-state index contributed by atoms with van der Waals surface area (Å²) >= 11 is 0. The average Bonchev–Trinajstić information content (AvgIpc) is 3.38. The van der Waals surface area contributed by atoms with Crippen LogP contribution >= 0.6 is 0 Å². The van der Waals surface area contributed by atoms with Gasteiger partial charge < -0.3 is 38.5 Å². The first-order valence-corrected chi connectivity index (χ1v) is 27.1. The second-order valence-corrected chi connectivity index (χ2v) is 23.0. The molecule has 16 nitrogen and oxygen atoms in total. The van der Waals surface area contributed by atoms with Crippen LogP contribution in [0.3, 0.4) is 0 Å². The van der Waals surface area contributed by atoms with Crippen molar-refractivity contribution >= 4 is 47.5 Å². The Morgan fingerprint density at radius 3 is 0.987 bits per heavy atom. The molecule has 422 valence electrons. The van der Waals surface area contributed by atoms with Gasteiger partial charge in [-0.25, -0.2) is 19.2 Å². The van der Waals surface area contributed by atoms with Gasteiger partial charge in [0.05, 0.1) is 0 Å². The van der Waals surface area contributed by atoms with Crippen LogP contribution in [-0.2, 0) is 75.6 Å². The highest BCUT2D eigenvalue weighted by molar-refractivity contribution is 5.94. The Kier molecular flexibility index (Phi) is 23.0. The Morgan fingerprint density at radius 2 is 0.662 bits per heavy atom. The molecule has 8 atom stereocenters. The van der Waals surface area contributed by atoms with Crippen LogP contribution in [0.1, 0.15) is 131 Å². The zero-order valence-corrected chi connectivity index (χ0v) is 48.4. The molecule has 1 heterocycles. The first kappa shape index (κ1) is 63.0. The fraction of sp³-hybridized carbons (Fsp3) is 0.574. The number of carbonyl (C=O) groups excluding carboxylic acids is 8. The number of nitrogens with zero attached hydrogens (tertiary/aromatic N) is 4. The molecule has 77 heavy (non-hydrogen) atoms. The fourth-order valence-corrected chi connectivity index (χ4v) is 9.60. The van der Waals surface area contributed by atoms with Gasteiger partial charge in [-0.3, -0.25) is 19.2 Å². The van der Waals surface area contributed by atoms with Gasteiger partial charge in [0.15, 0.2) is 24.4 Å². The summed E-state index contributed by atoms with van der Waals surface area (Å²) in [5, 5.41) is 0. The van der Waals surface area contributed by atoms with Crippen molar-refractivity contribution in [3.8, 4) is 0 Å². The minimum Gasteiger partial charge on any atom is -0.451 e. The van der Waals surface area contributed by atoms with Gasteiger partial charge in [0.2, 0.25) is 0 Å². The van der Waals surface area contributed by atoms with Crippen LogP contribution in [0.15, 0.2) is 84.9 Å². The zero-order chi connectivity index (χ0) is 57.6. The molecule has 0 radical (unpaired) electrons. The van der Waals surface area contributed by atoms with Gasteiger partial charge in [0.1, 0.15) is 24.2 Å². The molecule has 0 aliphatic carbocycles. The average molecular weight is 1070 g/mol. The summed E-state index contributed by atoms with van der Waals surface area (Å²) in [5.41, 5.74) is 3.00. The third-order valence-corrected chi connectivity index (χ3v) is 14.3. The lowest BCUT2D eigenvalue weighted by Crippen LogP contribution is -2.55. The summed E-state index contributed by atoms with van der Waals surface area (Å²) in [6.45, 7) is 21.8. The number of amides is 4. The maximum Gasteiger partial charge on any atom is 0.329 e. The van der Waals surface area contributed by atoms with Crippen LogP contribution in [0.2, 0.25) is 0 Å². The van der Waals surface area contributed by atoms with E-state index in [1.807, 2.05) is 97.9 Å². The molecule has 1 fully saturated rings. The molecular weight excluding hydrogens is 981 g/mol. The van der Waals surface area contributed by atoms with Crippen LogP contribution in [0.4, 0.5) is 0 Å². The van der Waals surface area contributed by atoms with Crippen molar-refractivity contribution in [2.24, 2.45) is 23.7 Å². The maximum atomic E-state index is 15.0. The molecule has 0 bridgehead atoms. The number of rotatable bonds is 14. The van der Waals surface area contributed by atoms with E-state index in [0.29, 0.717) is 11.1 Å². The quantitative estimate of drug-likeness (QED) is 0.112. The Hall–Kier alpha value is -6.58. The van der Waals surface area contributed by atoms with Crippen molar-refractivity contribution in [1.82, 2.24) is 19.6 Å². The van der Waals surface area contributed by atoms with E-state index >= 15 is 4.79 Å². The first-order chi connectivity index (χ1) is 36.0. The van der Waals surface area contributed by atoms with E-state index < -0.39 is 96.1 Å². The molecule has 0 spiro atoms. The Morgan fingerprint density at radius 1 is 0.390 bits per heavy atom. The number of carbonyl (C=O) groups is 8. The van der Waals surface area contributed by atoms with Gasteiger partial charge in [-0.2, -0.15) is 0 Å². The van der Waals surface area contributed by atoms with Gasteiger partial charge in [-0.1, -0.05) is 154 Å². The molecule has 4 rings (SSSR count). The zero-order valence-electron chi connectivity index (χ0n) is 48.4. The van der Waals surface area contributed by atoms with E-state index in [2.05, 4.69) is 26.0 Å². The van der Waals surface area contributed by atoms with E-state index in [0.717, 1.165) is 25.8 Å². The van der Waals surface area contributed by atoms with Crippen LogP contribution < -0.4 is 0 Å². The van der Waals surface area contributed by atoms with Crippen LogP contribution in [0, 0.1) is 23.7 Å². The summed E-state index contributed by atoms with van der Waals surface area (Å²) in [7, 11) is 5.60. The summed E-state index contributed by atoms with van der Waals surface area (Å²) in [6, 6.07) is 21.5. The Labute approximate surface area is 457 Å². The lowest BCUT2D eigenvalue weighted by Gasteiger charge is -2.35. The minimum absolute atomic E-state index is 0.0873. The van der Waals surface area contributed by atoms with Gasteiger partial charge in [0, 0.05) is 46.4 Å². The fourth-order valence-electron chi connectivity index (χ4n) is 9.60. The smallest absolute Gasteiger partial charge is 0.329 e. The minimum atomic E-state index is -1.52. The standard InChI is InChI=1S/C61H86N4O12/c1-37(2)31-47-57(70)74-42(10)54(67)63(14)50(34-40(7)8)60(73)77-52(36-44-27-29-46(30-28-44)61(11,12)45-25-21-18-22-26-45)56(69)65(16)48(32-38(3)4)58(71)75-41(9)53(66)62(13)49(33-39(5)6)59(72)76-51(55(68)64(47)15)35-43-23-19-17-20-24-43/h17-30,37-42,47-52H,31-36H2,1-16H3/t41-,42-,47+,48+,49+,50+,51-,52-/m1/s1. The number of benzene rings is 3. The second kappa shape index (κ2) is 28.2. The highest BCUT2D eigenvalue weighted by Crippen LogP contribution is 2.32. The van der Waals surface area contributed by atoms with E-state index in [-0.39, 0.29) is 67.6 Å². The number of cyclic esters (lactones) is 4. The molecule has 3 aromatic carbocycles. The predicted octanol–water partition coefficient (Wildman–Crippen LogP) is 7.99. The summed E-state index contributed by atoms with van der Waals surface area (Å²) in [6.07, 6.45) is -5.74. The SMILES string of the molecule is CC(C)C[C@H]1C(=O)O[C@H](Cc2ccc(C(C)(C)c3ccccc3)cc2)C(=O)N(C)[C@@H](CC(C)C)C(=O)O[C@H](C)C(=O)N(C)[C@@H](CC(C)C)C(=O)O[C@H](Cc2ccccc2)C(=O)N(C)[C@@H](CC(C)C)C(=O)O[C@H](C)C(=O)N1C. The van der Waals surface area contributed by atoms with E-state index in [9.17, 15) is 33.6 Å². The van der Waals surface area contributed by atoms with Crippen molar-refractivity contribution in [2.45, 2.75) is 176 Å².